The predicted octanol–water partition coefficient (Wildman–Crippen LogP) is 5.62. The molecule has 0 unspecified atom stereocenters. The van der Waals surface area contributed by atoms with E-state index in [1.807, 2.05) is 49.4 Å². The number of nitrogens with one attached hydrogen (secondary N) is 3. The summed E-state index contributed by atoms with van der Waals surface area (Å²) in [6.45, 7) is 8.32. The van der Waals surface area contributed by atoms with Crippen LogP contribution in [0.5, 0.6) is 0 Å². The maximum Gasteiger partial charge on any atom is 0.291 e. The van der Waals surface area contributed by atoms with Crippen LogP contribution >= 0.6 is 0 Å². The number of anilines is 4. The molecule has 0 saturated heterocycles. The molecule has 0 spiro atoms. The molecule has 4 aromatic rings. The van der Waals surface area contributed by atoms with Gasteiger partial charge in [0.15, 0.2) is 5.82 Å². The lowest BCUT2D eigenvalue weighted by Crippen LogP contribution is -2.15. The highest BCUT2D eigenvalue weighted by molar-refractivity contribution is 6.05. The Labute approximate surface area is 204 Å². The number of benzene rings is 3. The lowest BCUT2D eigenvalue weighted by molar-refractivity contribution is 0.102. The van der Waals surface area contributed by atoms with Crippen molar-refractivity contribution < 1.29 is 4.79 Å². The molecule has 1 aromatic heterocycles. The largest absolute Gasteiger partial charge is 0.399 e. The van der Waals surface area contributed by atoms with E-state index in [4.69, 9.17) is 5.73 Å². The zero-order valence-corrected chi connectivity index (χ0v) is 20.3. The van der Waals surface area contributed by atoms with Gasteiger partial charge in [-0.3, -0.25) is 9.59 Å². The summed E-state index contributed by atoms with van der Waals surface area (Å²) in [5.74, 6) is -0.0370. The minimum absolute atomic E-state index is 0.0183. The molecule has 0 atom stereocenters. The van der Waals surface area contributed by atoms with Gasteiger partial charge in [0, 0.05) is 34.4 Å². The summed E-state index contributed by atoms with van der Waals surface area (Å²) >= 11 is 0. The standard InChI is InChI=1S/C28H29N5O2/c1-17-22(24-16-30-27(35)25(32-24)31-21-8-5-7-20(29)15-21)9-6-10-23(17)33-26(34)18-11-13-19(14-12-18)28(2,3)4/h5-16H,29H2,1-4H3,(H,30,35)(H,31,32)(H,33,34). The molecule has 4 rings (SSSR count). The van der Waals surface area contributed by atoms with Crippen LogP contribution in [-0.4, -0.2) is 15.9 Å². The van der Waals surface area contributed by atoms with Crippen LogP contribution in [0, 0.1) is 6.92 Å². The van der Waals surface area contributed by atoms with Gasteiger partial charge in [-0.1, -0.05) is 51.1 Å². The number of amides is 1. The Hall–Kier alpha value is -4.39. The van der Waals surface area contributed by atoms with Crippen LogP contribution in [-0.2, 0) is 5.41 Å². The lowest BCUT2D eigenvalue weighted by Gasteiger charge is -2.19. The number of hydrogen-bond acceptors (Lipinski definition) is 5. The van der Waals surface area contributed by atoms with E-state index in [9.17, 15) is 9.59 Å². The summed E-state index contributed by atoms with van der Waals surface area (Å²) in [7, 11) is 0. The Morgan fingerprint density at radius 3 is 2.40 bits per heavy atom. The van der Waals surface area contributed by atoms with E-state index >= 15 is 0 Å². The van der Waals surface area contributed by atoms with Gasteiger partial charge in [-0.25, -0.2) is 4.98 Å². The van der Waals surface area contributed by atoms with Crippen molar-refractivity contribution in [1.29, 1.82) is 0 Å². The summed E-state index contributed by atoms with van der Waals surface area (Å²) in [4.78, 5) is 32.5. The van der Waals surface area contributed by atoms with E-state index in [-0.39, 0.29) is 22.7 Å². The van der Waals surface area contributed by atoms with Gasteiger partial charge in [0.2, 0.25) is 0 Å². The number of hydrogen-bond donors (Lipinski definition) is 4. The summed E-state index contributed by atoms with van der Waals surface area (Å²) in [6.07, 6.45) is 1.56. The van der Waals surface area contributed by atoms with Crippen LogP contribution in [0.3, 0.4) is 0 Å². The van der Waals surface area contributed by atoms with Gasteiger partial charge >= 0.3 is 0 Å². The summed E-state index contributed by atoms with van der Waals surface area (Å²) in [5.41, 5.74) is 11.4. The average molecular weight is 468 g/mol. The molecule has 0 aliphatic carbocycles. The van der Waals surface area contributed by atoms with Crippen molar-refractivity contribution in [2.45, 2.75) is 33.1 Å². The third kappa shape index (κ3) is 5.41. The molecule has 35 heavy (non-hydrogen) atoms. The molecule has 0 saturated carbocycles. The quantitative estimate of drug-likeness (QED) is 0.285. The molecule has 1 amide bonds. The van der Waals surface area contributed by atoms with Crippen molar-refractivity contribution in [1.82, 2.24) is 9.97 Å². The van der Waals surface area contributed by atoms with Gasteiger partial charge in [0.05, 0.1) is 5.69 Å². The average Bonchev–Trinajstić information content (AvgIpc) is 2.81. The molecule has 0 bridgehead atoms. The molecular weight excluding hydrogens is 438 g/mol. The van der Waals surface area contributed by atoms with Crippen LogP contribution < -0.4 is 21.9 Å². The smallest absolute Gasteiger partial charge is 0.291 e. The van der Waals surface area contributed by atoms with Gasteiger partial charge in [-0.2, -0.15) is 0 Å². The molecule has 1 heterocycles. The molecule has 0 aliphatic rings. The maximum atomic E-state index is 12.9. The maximum absolute atomic E-state index is 12.9. The molecule has 5 N–H and O–H groups in total. The second-order valence-corrected chi connectivity index (χ2v) is 9.47. The van der Waals surface area contributed by atoms with Crippen LogP contribution in [0.1, 0.15) is 42.3 Å². The number of aromatic amines is 1. The minimum atomic E-state index is -0.350. The van der Waals surface area contributed by atoms with Crippen molar-refractivity contribution in [2.24, 2.45) is 0 Å². The second kappa shape index (κ2) is 9.46. The summed E-state index contributed by atoms with van der Waals surface area (Å²) in [6, 6.07) is 20.3. The number of rotatable bonds is 5. The van der Waals surface area contributed by atoms with Crippen molar-refractivity contribution >= 4 is 28.8 Å². The van der Waals surface area contributed by atoms with Gasteiger partial charge in [-0.05, 0) is 59.9 Å². The highest BCUT2D eigenvalue weighted by Gasteiger charge is 2.16. The highest BCUT2D eigenvalue weighted by Crippen LogP contribution is 2.28. The number of carbonyl (C=O) groups excluding carboxylic acids is 1. The first-order valence-corrected chi connectivity index (χ1v) is 11.4. The number of nitrogens with zero attached hydrogens (tertiary/aromatic N) is 1. The highest BCUT2D eigenvalue weighted by atomic mass is 16.1. The Morgan fingerprint density at radius 2 is 1.71 bits per heavy atom. The third-order valence-electron chi connectivity index (χ3n) is 5.81. The molecule has 7 nitrogen and oxygen atoms in total. The van der Waals surface area contributed by atoms with E-state index in [0.717, 1.165) is 11.1 Å². The zero-order valence-electron chi connectivity index (χ0n) is 20.3. The lowest BCUT2D eigenvalue weighted by atomic mass is 9.86. The van der Waals surface area contributed by atoms with Gasteiger partial charge in [0.1, 0.15) is 0 Å². The summed E-state index contributed by atoms with van der Waals surface area (Å²) in [5, 5.41) is 6.02. The van der Waals surface area contributed by atoms with Gasteiger partial charge in [0.25, 0.3) is 11.5 Å². The van der Waals surface area contributed by atoms with E-state index in [1.165, 1.54) is 5.56 Å². The Balaban J connectivity index is 1.60. The van der Waals surface area contributed by atoms with Crippen molar-refractivity contribution in [3.8, 4) is 11.3 Å². The number of nitrogens with two attached hydrogens (primary N) is 1. The topological polar surface area (TPSA) is 113 Å². The zero-order chi connectivity index (χ0) is 25.2. The fourth-order valence-corrected chi connectivity index (χ4v) is 3.75. The second-order valence-electron chi connectivity index (χ2n) is 9.47. The van der Waals surface area contributed by atoms with Gasteiger partial charge < -0.3 is 21.4 Å². The molecular formula is C28H29N5O2. The van der Waals surface area contributed by atoms with Gasteiger partial charge in [-0.15, -0.1) is 0 Å². The van der Waals surface area contributed by atoms with Crippen LogP contribution in [0.2, 0.25) is 0 Å². The molecule has 0 radical (unpaired) electrons. The fraction of sp³-hybridized carbons (Fsp3) is 0.179. The van der Waals surface area contributed by atoms with Crippen LogP contribution in [0.4, 0.5) is 22.9 Å². The third-order valence-corrected chi connectivity index (χ3v) is 5.81. The van der Waals surface area contributed by atoms with E-state index in [0.29, 0.717) is 28.3 Å². The molecule has 0 fully saturated rings. The fourth-order valence-electron chi connectivity index (χ4n) is 3.75. The first kappa shape index (κ1) is 23.8. The minimum Gasteiger partial charge on any atom is -0.399 e. The summed E-state index contributed by atoms with van der Waals surface area (Å²) < 4.78 is 0. The Kier molecular flexibility index (Phi) is 6.42. The normalized spacial score (nSPS) is 11.2. The number of aromatic nitrogens is 2. The van der Waals surface area contributed by atoms with Crippen molar-refractivity contribution in [3.63, 3.8) is 0 Å². The van der Waals surface area contributed by atoms with Crippen LogP contribution in [0.25, 0.3) is 11.3 Å². The molecule has 3 aromatic carbocycles. The number of carbonyl (C=O) groups is 1. The van der Waals surface area contributed by atoms with E-state index in [1.54, 1.807) is 30.5 Å². The molecule has 7 heteroatoms. The van der Waals surface area contributed by atoms with E-state index < -0.39 is 0 Å². The number of nitrogen functional groups attached to an aromatic ring is 1. The SMILES string of the molecule is Cc1c(NC(=O)c2ccc(C(C)(C)C)cc2)cccc1-c1c[nH]c(=O)c(Nc2cccc(N)c2)n1. The first-order chi connectivity index (χ1) is 16.6. The van der Waals surface area contributed by atoms with Crippen molar-refractivity contribution in [2.75, 3.05) is 16.4 Å². The predicted molar refractivity (Wildman–Crippen MR) is 142 cm³/mol. The van der Waals surface area contributed by atoms with Crippen molar-refractivity contribution in [3.05, 3.63) is 100.0 Å². The molecule has 0 aliphatic heterocycles. The Morgan fingerprint density at radius 1 is 1.00 bits per heavy atom. The monoisotopic (exact) mass is 467 g/mol. The first-order valence-electron chi connectivity index (χ1n) is 11.4. The molecule has 178 valence electrons. The van der Waals surface area contributed by atoms with E-state index in [2.05, 4.69) is 41.4 Å². The number of H-pyrrole nitrogens is 1. The Bertz CT molecular complexity index is 1430. The van der Waals surface area contributed by atoms with Crippen LogP contribution in [0.15, 0.2) is 77.7 Å².